The summed E-state index contributed by atoms with van der Waals surface area (Å²) in [7, 11) is -3.71. The molecule has 1 heterocycles. The fourth-order valence-corrected chi connectivity index (χ4v) is 7.10. The zero-order valence-electron chi connectivity index (χ0n) is 23.7. The first kappa shape index (κ1) is 30.6. The monoisotopic (exact) mass is 595 g/mol. The Morgan fingerprint density at radius 3 is 2.20 bits per heavy atom. The molecule has 0 radical (unpaired) electrons. The van der Waals surface area contributed by atoms with Gasteiger partial charge in [-0.25, -0.2) is 13.2 Å². The van der Waals surface area contributed by atoms with Gasteiger partial charge in [-0.3, -0.25) is 4.79 Å². The van der Waals surface area contributed by atoms with Crippen LogP contribution in [-0.2, 0) is 26.0 Å². The van der Waals surface area contributed by atoms with Gasteiger partial charge in [-0.2, -0.15) is 4.31 Å². The molecule has 1 amide bonds. The number of aromatic carboxylic acids is 1. The van der Waals surface area contributed by atoms with Crippen LogP contribution in [-0.4, -0.2) is 61.6 Å². The highest BCUT2D eigenvalue weighted by molar-refractivity contribution is 7.99. The van der Waals surface area contributed by atoms with E-state index < -0.39 is 16.0 Å². The second-order valence-electron chi connectivity index (χ2n) is 11.1. The number of carboxylic acids is 1. The number of nitrogens with zero attached hydrogens (tertiary/aromatic N) is 2. The topological polar surface area (TPSA) is 107 Å². The number of nitrogens with one attached hydrogen (secondary N) is 1. The Labute approximate surface area is 246 Å². The third kappa shape index (κ3) is 8.34. The lowest BCUT2D eigenvalue weighted by atomic mass is 9.87. The molecule has 0 atom stereocenters. The summed E-state index contributed by atoms with van der Waals surface area (Å²) in [5.41, 5.74) is 3.31. The van der Waals surface area contributed by atoms with Crippen LogP contribution in [0.1, 0.15) is 48.7 Å². The Kier molecular flexibility index (Phi) is 9.78. The number of sulfonamides is 1. The minimum atomic E-state index is -3.71. The number of anilines is 2. The summed E-state index contributed by atoms with van der Waals surface area (Å²) in [6.45, 7) is 8.31. The molecule has 1 aliphatic rings. The summed E-state index contributed by atoms with van der Waals surface area (Å²) in [4.78, 5) is 27.1. The Hall–Kier alpha value is -3.34. The van der Waals surface area contributed by atoms with Crippen LogP contribution in [0.2, 0.25) is 0 Å². The molecular weight excluding hydrogens is 558 g/mol. The maximum absolute atomic E-state index is 13.3. The van der Waals surface area contributed by atoms with E-state index in [1.807, 2.05) is 30.3 Å². The van der Waals surface area contributed by atoms with Crippen molar-refractivity contribution < 1.29 is 23.1 Å². The average molecular weight is 596 g/mol. The number of amides is 1. The number of carboxylic acid groups (broad SMARTS) is 1. The summed E-state index contributed by atoms with van der Waals surface area (Å²) in [5, 5.41) is 12.6. The van der Waals surface area contributed by atoms with Crippen molar-refractivity contribution in [2.75, 3.05) is 42.1 Å². The second kappa shape index (κ2) is 13.1. The summed E-state index contributed by atoms with van der Waals surface area (Å²) >= 11 is 1.36. The van der Waals surface area contributed by atoms with Crippen LogP contribution in [0.5, 0.6) is 0 Å². The predicted molar refractivity (Wildman–Crippen MR) is 165 cm³/mol. The quantitative estimate of drug-likeness (QED) is 0.300. The number of para-hydroxylation sites is 1. The normalized spacial score (nSPS) is 14.6. The molecule has 0 saturated carbocycles. The molecule has 3 aromatic rings. The highest BCUT2D eigenvalue weighted by atomic mass is 32.2. The van der Waals surface area contributed by atoms with Crippen LogP contribution in [0.4, 0.5) is 11.4 Å². The molecule has 0 unspecified atom stereocenters. The molecule has 0 aromatic heterocycles. The minimum absolute atomic E-state index is 0.0371. The molecule has 41 heavy (non-hydrogen) atoms. The number of hydrogen-bond acceptors (Lipinski definition) is 6. The van der Waals surface area contributed by atoms with Crippen molar-refractivity contribution >= 4 is 45.0 Å². The van der Waals surface area contributed by atoms with Crippen molar-refractivity contribution in [1.82, 2.24) is 4.31 Å². The van der Waals surface area contributed by atoms with E-state index in [1.165, 1.54) is 27.7 Å². The van der Waals surface area contributed by atoms with Crippen LogP contribution in [0.25, 0.3) is 0 Å². The van der Waals surface area contributed by atoms with Crippen LogP contribution in [0.15, 0.2) is 77.7 Å². The minimum Gasteiger partial charge on any atom is -0.478 e. The van der Waals surface area contributed by atoms with Gasteiger partial charge >= 0.3 is 5.97 Å². The lowest BCUT2D eigenvalue weighted by Crippen LogP contribution is -2.49. The number of benzene rings is 3. The van der Waals surface area contributed by atoms with Gasteiger partial charge in [0.25, 0.3) is 0 Å². The molecule has 1 fully saturated rings. The van der Waals surface area contributed by atoms with E-state index in [1.54, 1.807) is 12.1 Å². The van der Waals surface area contributed by atoms with Gasteiger partial charge in [0.15, 0.2) is 0 Å². The van der Waals surface area contributed by atoms with Gasteiger partial charge in [-0.05, 0) is 52.9 Å². The molecular formula is C31H37N3O5S2. The van der Waals surface area contributed by atoms with Crippen LogP contribution >= 0.6 is 11.8 Å². The third-order valence-electron chi connectivity index (χ3n) is 7.04. The van der Waals surface area contributed by atoms with E-state index in [-0.39, 0.29) is 34.6 Å². The van der Waals surface area contributed by atoms with Gasteiger partial charge in [0.1, 0.15) is 0 Å². The maximum atomic E-state index is 13.3. The van der Waals surface area contributed by atoms with Crippen LogP contribution in [0.3, 0.4) is 0 Å². The number of rotatable bonds is 10. The summed E-state index contributed by atoms with van der Waals surface area (Å²) in [6, 6.07) is 22.3. The first-order valence-electron chi connectivity index (χ1n) is 13.6. The molecule has 8 nitrogen and oxygen atoms in total. The Bertz CT molecular complexity index is 1460. The molecule has 218 valence electrons. The van der Waals surface area contributed by atoms with Crippen LogP contribution in [0, 0.1) is 0 Å². The molecule has 10 heteroatoms. The third-order valence-corrected chi connectivity index (χ3v) is 9.86. The van der Waals surface area contributed by atoms with E-state index in [0.29, 0.717) is 36.8 Å². The van der Waals surface area contributed by atoms with E-state index in [2.05, 4.69) is 55.3 Å². The molecule has 3 aromatic carbocycles. The van der Waals surface area contributed by atoms with Crippen molar-refractivity contribution in [3.05, 3.63) is 89.5 Å². The highest BCUT2D eigenvalue weighted by Gasteiger charge is 2.29. The van der Waals surface area contributed by atoms with Crippen molar-refractivity contribution in [2.24, 2.45) is 0 Å². The lowest BCUT2D eigenvalue weighted by Gasteiger charge is -2.35. The van der Waals surface area contributed by atoms with E-state index in [0.717, 1.165) is 11.4 Å². The van der Waals surface area contributed by atoms with Crippen molar-refractivity contribution in [2.45, 2.75) is 43.3 Å². The summed E-state index contributed by atoms with van der Waals surface area (Å²) in [6.07, 6.45) is 0.255. The molecule has 0 spiro atoms. The second-order valence-corrected chi connectivity index (χ2v) is 14.2. The Morgan fingerprint density at radius 1 is 0.927 bits per heavy atom. The van der Waals surface area contributed by atoms with E-state index in [4.69, 9.17) is 0 Å². The van der Waals surface area contributed by atoms with Gasteiger partial charge in [-0.15, -0.1) is 11.8 Å². The number of carbonyl (C=O) groups excluding carboxylic acids is 1. The number of thioether (sulfide) groups is 1. The zero-order valence-corrected chi connectivity index (χ0v) is 25.3. The largest absolute Gasteiger partial charge is 0.478 e. The highest BCUT2D eigenvalue weighted by Crippen LogP contribution is 2.27. The SMILES string of the molecule is CC(C)(C)c1ccc(N2CCN(S(=O)(=O)Cc3ccc(SCCC(=O)Nc4ccccc4)cc3C(=O)O)CC2)cc1. The fourth-order valence-electron chi connectivity index (χ4n) is 4.66. The zero-order chi connectivity index (χ0) is 29.6. The van der Waals surface area contributed by atoms with Gasteiger partial charge < -0.3 is 15.3 Å². The van der Waals surface area contributed by atoms with Gasteiger partial charge in [0, 0.05) is 54.6 Å². The lowest BCUT2D eigenvalue weighted by molar-refractivity contribution is -0.115. The number of hydrogen-bond donors (Lipinski definition) is 2. The summed E-state index contributed by atoms with van der Waals surface area (Å²) < 4.78 is 28.0. The summed E-state index contributed by atoms with van der Waals surface area (Å²) in [5.74, 6) is -1.23. The predicted octanol–water partition coefficient (Wildman–Crippen LogP) is 5.46. The first-order valence-corrected chi connectivity index (χ1v) is 16.2. The van der Waals surface area contributed by atoms with Gasteiger partial charge in [-0.1, -0.05) is 57.2 Å². The standard InChI is InChI=1S/C31H37N3O5S2/c1-31(2,3)24-10-12-26(13-11-24)33-16-18-34(19-17-33)41(38,39)22-23-9-14-27(21-28(23)30(36)37)40-20-15-29(35)32-25-7-5-4-6-8-25/h4-14,21H,15-20,22H2,1-3H3,(H,32,35)(H,36,37). The van der Waals surface area contributed by atoms with Crippen molar-refractivity contribution in [1.29, 1.82) is 0 Å². The van der Waals surface area contributed by atoms with Crippen molar-refractivity contribution in [3.8, 4) is 0 Å². The molecule has 2 N–H and O–H groups in total. The molecule has 0 aliphatic carbocycles. The number of carbonyl (C=O) groups is 2. The molecule has 0 bridgehead atoms. The Morgan fingerprint density at radius 2 is 1.59 bits per heavy atom. The molecule has 1 aliphatic heterocycles. The average Bonchev–Trinajstić information content (AvgIpc) is 2.94. The smallest absolute Gasteiger partial charge is 0.336 e. The maximum Gasteiger partial charge on any atom is 0.336 e. The first-order chi connectivity index (χ1) is 19.4. The molecule has 1 saturated heterocycles. The Balaban J connectivity index is 1.33. The van der Waals surface area contributed by atoms with Crippen LogP contribution < -0.4 is 10.2 Å². The van der Waals surface area contributed by atoms with E-state index in [9.17, 15) is 23.1 Å². The van der Waals surface area contributed by atoms with Gasteiger partial charge in [0.2, 0.25) is 15.9 Å². The number of piperazine rings is 1. The van der Waals surface area contributed by atoms with Crippen molar-refractivity contribution in [3.63, 3.8) is 0 Å². The molecule has 4 rings (SSSR count). The van der Waals surface area contributed by atoms with E-state index >= 15 is 0 Å². The van der Waals surface area contributed by atoms with Gasteiger partial charge in [0.05, 0.1) is 11.3 Å². The fraction of sp³-hybridized carbons (Fsp3) is 0.355.